The second-order valence-electron chi connectivity index (χ2n) is 2.67. The van der Waals surface area contributed by atoms with Crippen molar-refractivity contribution in [2.24, 2.45) is 0 Å². The van der Waals surface area contributed by atoms with Crippen LogP contribution >= 0.6 is 0 Å². The Kier molecular flexibility index (Phi) is 6.03. The van der Waals surface area contributed by atoms with Crippen LogP contribution in [0.15, 0.2) is 37.4 Å². The first-order chi connectivity index (χ1) is 6.74. The molecule has 0 amide bonds. The molecular formula is C11H15NO2. The smallest absolute Gasteiger partial charge is 0.258 e. The molecule has 0 N–H and O–H groups in total. The number of non-ortho nitro benzene ring substituents is 1. The summed E-state index contributed by atoms with van der Waals surface area (Å²) < 4.78 is 0. The van der Waals surface area contributed by atoms with Crippen molar-refractivity contribution in [1.82, 2.24) is 0 Å². The molecule has 0 atom stereocenters. The quantitative estimate of drug-likeness (QED) is 0.419. The van der Waals surface area contributed by atoms with Crippen molar-refractivity contribution in [3.63, 3.8) is 0 Å². The van der Waals surface area contributed by atoms with Crippen LogP contribution in [0.4, 0.5) is 5.69 Å². The number of nitro benzene ring substituents is 1. The number of benzene rings is 1. The third-order valence-electron chi connectivity index (χ3n) is 1.69. The minimum atomic E-state index is -0.379. The molecule has 1 aromatic carbocycles. The maximum Gasteiger partial charge on any atom is 0.269 e. The van der Waals surface area contributed by atoms with Gasteiger partial charge in [0.25, 0.3) is 5.69 Å². The van der Waals surface area contributed by atoms with E-state index in [0.717, 1.165) is 18.4 Å². The van der Waals surface area contributed by atoms with Crippen LogP contribution in [-0.2, 0) is 6.42 Å². The molecule has 0 aliphatic carbocycles. The average molecular weight is 193 g/mol. The van der Waals surface area contributed by atoms with Crippen molar-refractivity contribution in [3.8, 4) is 0 Å². The lowest BCUT2D eigenvalue weighted by atomic mass is 10.1. The van der Waals surface area contributed by atoms with Crippen LogP contribution < -0.4 is 0 Å². The van der Waals surface area contributed by atoms with E-state index in [1.54, 1.807) is 12.1 Å². The van der Waals surface area contributed by atoms with Gasteiger partial charge in [-0.1, -0.05) is 25.5 Å². The van der Waals surface area contributed by atoms with Gasteiger partial charge in [-0.2, -0.15) is 0 Å². The Balaban J connectivity index is 0.000000791. The molecule has 0 heterocycles. The molecule has 3 nitrogen and oxygen atoms in total. The minimum Gasteiger partial charge on any atom is -0.258 e. The van der Waals surface area contributed by atoms with E-state index in [0.29, 0.717) is 0 Å². The topological polar surface area (TPSA) is 43.1 Å². The molecule has 14 heavy (non-hydrogen) atoms. The van der Waals surface area contributed by atoms with Gasteiger partial charge in [0.1, 0.15) is 0 Å². The van der Waals surface area contributed by atoms with Crippen molar-refractivity contribution in [2.75, 3.05) is 0 Å². The van der Waals surface area contributed by atoms with Crippen molar-refractivity contribution < 1.29 is 4.92 Å². The van der Waals surface area contributed by atoms with E-state index in [4.69, 9.17) is 0 Å². The molecule has 0 aromatic heterocycles. The van der Waals surface area contributed by atoms with E-state index >= 15 is 0 Å². The van der Waals surface area contributed by atoms with Gasteiger partial charge in [-0.25, -0.2) is 0 Å². The first-order valence-corrected chi connectivity index (χ1v) is 4.47. The zero-order chi connectivity index (χ0) is 11.0. The Morgan fingerprint density at radius 1 is 1.29 bits per heavy atom. The van der Waals surface area contributed by atoms with Crippen LogP contribution in [0.5, 0.6) is 0 Å². The molecule has 76 valence electrons. The lowest BCUT2D eigenvalue weighted by molar-refractivity contribution is -0.384. The molecule has 0 fully saturated rings. The van der Waals surface area contributed by atoms with E-state index in [-0.39, 0.29) is 10.6 Å². The largest absolute Gasteiger partial charge is 0.269 e. The van der Waals surface area contributed by atoms with E-state index in [1.165, 1.54) is 0 Å². The van der Waals surface area contributed by atoms with Crippen LogP contribution in [0, 0.1) is 10.1 Å². The first kappa shape index (κ1) is 12.4. The summed E-state index contributed by atoms with van der Waals surface area (Å²) >= 11 is 0. The van der Waals surface area contributed by atoms with Gasteiger partial charge in [-0.15, -0.1) is 13.2 Å². The first-order valence-electron chi connectivity index (χ1n) is 4.47. The molecule has 0 saturated heterocycles. The Hall–Kier alpha value is -1.64. The fraction of sp³-hybridized carbons (Fsp3) is 0.273. The monoisotopic (exact) mass is 193 g/mol. The minimum absolute atomic E-state index is 0.162. The lowest BCUT2D eigenvalue weighted by Gasteiger charge is -1.96. The summed E-state index contributed by atoms with van der Waals surface area (Å²) in [6.07, 6.45) is 2.05. The Labute approximate surface area is 84.2 Å². The highest BCUT2D eigenvalue weighted by atomic mass is 16.6. The fourth-order valence-electron chi connectivity index (χ4n) is 1.07. The highest BCUT2D eigenvalue weighted by Gasteiger charge is 2.02. The Morgan fingerprint density at radius 2 is 1.79 bits per heavy atom. The molecule has 0 radical (unpaired) electrons. The van der Waals surface area contributed by atoms with Crippen LogP contribution in [0.25, 0.3) is 0 Å². The second-order valence-corrected chi connectivity index (χ2v) is 2.67. The predicted molar refractivity (Wildman–Crippen MR) is 58.3 cm³/mol. The summed E-state index contributed by atoms with van der Waals surface area (Å²) in [5, 5.41) is 10.3. The number of nitro groups is 1. The van der Waals surface area contributed by atoms with Crippen molar-refractivity contribution in [1.29, 1.82) is 0 Å². The summed E-state index contributed by atoms with van der Waals surface area (Å²) in [5.41, 5.74) is 1.32. The number of hydrogen-bond acceptors (Lipinski definition) is 2. The van der Waals surface area contributed by atoms with Crippen LogP contribution in [0.1, 0.15) is 18.9 Å². The van der Waals surface area contributed by atoms with Gasteiger partial charge in [-0.05, 0) is 12.0 Å². The molecule has 3 heteroatoms. The van der Waals surface area contributed by atoms with Crippen molar-refractivity contribution in [3.05, 3.63) is 53.1 Å². The lowest BCUT2D eigenvalue weighted by Crippen LogP contribution is -1.88. The molecule has 1 aromatic rings. The zero-order valence-corrected chi connectivity index (χ0v) is 8.40. The highest BCUT2D eigenvalue weighted by molar-refractivity contribution is 5.32. The van der Waals surface area contributed by atoms with Gasteiger partial charge >= 0.3 is 0 Å². The normalized spacial score (nSPS) is 8.64. The third-order valence-corrected chi connectivity index (χ3v) is 1.69. The summed E-state index contributed by atoms with van der Waals surface area (Å²) in [6.45, 7) is 8.08. The van der Waals surface area contributed by atoms with Gasteiger partial charge in [0.05, 0.1) is 4.92 Å². The number of hydrogen-bond donors (Lipinski definition) is 0. The fourth-order valence-corrected chi connectivity index (χ4v) is 1.07. The van der Waals surface area contributed by atoms with Gasteiger partial charge in [-0.3, -0.25) is 10.1 Å². The molecule has 0 unspecified atom stereocenters. The van der Waals surface area contributed by atoms with E-state index in [2.05, 4.69) is 20.1 Å². The molecule has 0 aliphatic heterocycles. The van der Waals surface area contributed by atoms with Gasteiger partial charge in [0.2, 0.25) is 0 Å². The van der Waals surface area contributed by atoms with E-state index in [9.17, 15) is 10.1 Å². The number of nitrogens with zero attached hydrogens (tertiary/aromatic N) is 1. The molecule has 0 spiro atoms. The Bertz CT molecular complexity index is 280. The highest BCUT2D eigenvalue weighted by Crippen LogP contribution is 2.12. The molecular weight excluding hydrogens is 178 g/mol. The van der Waals surface area contributed by atoms with Gasteiger partial charge in [0.15, 0.2) is 0 Å². The summed E-state index contributed by atoms with van der Waals surface area (Å²) in [5.74, 6) is 0. The molecule has 1 rings (SSSR count). The number of rotatable bonds is 3. The second kappa shape index (κ2) is 6.83. The van der Waals surface area contributed by atoms with Crippen molar-refractivity contribution in [2.45, 2.75) is 19.8 Å². The standard InChI is InChI=1S/C9H11NO2.C2H4/c1-2-3-8-4-6-9(7-5-8)10(11)12;1-2/h4-7H,2-3H2,1H3;1-2H2. The average Bonchev–Trinajstić information content (AvgIpc) is 2.22. The van der Waals surface area contributed by atoms with E-state index < -0.39 is 0 Å². The Morgan fingerprint density at radius 3 is 2.14 bits per heavy atom. The summed E-state index contributed by atoms with van der Waals surface area (Å²) in [4.78, 5) is 9.90. The maximum absolute atomic E-state index is 10.3. The van der Waals surface area contributed by atoms with Crippen LogP contribution in [0.3, 0.4) is 0 Å². The van der Waals surface area contributed by atoms with E-state index in [1.807, 2.05) is 12.1 Å². The summed E-state index contributed by atoms with van der Waals surface area (Å²) in [6, 6.07) is 6.71. The van der Waals surface area contributed by atoms with Crippen molar-refractivity contribution >= 4 is 5.69 Å². The van der Waals surface area contributed by atoms with Crippen LogP contribution in [0.2, 0.25) is 0 Å². The zero-order valence-electron chi connectivity index (χ0n) is 8.40. The molecule has 0 bridgehead atoms. The number of aryl methyl sites for hydroxylation is 1. The SMILES string of the molecule is C=C.CCCc1ccc([N+](=O)[O-])cc1. The van der Waals surface area contributed by atoms with Gasteiger partial charge < -0.3 is 0 Å². The van der Waals surface area contributed by atoms with Crippen LogP contribution in [-0.4, -0.2) is 4.92 Å². The van der Waals surface area contributed by atoms with Gasteiger partial charge in [0, 0.05) is 12.1 Å². The maximum atomic E-state index is 10.3. The predicted octanol–water partition coefficient (Wildman–Crippen LogP) is 3.35. The third kappa shape index (κ3) is 3.85. The molecule has 0 saturated carbocycles. The molecule has 0 aliphatic rings. The summed E-state index contributed by atoms with van der Waals surface area (Å²) in [7, 11) is 0.